The van der Waals surface area contributed by atoms with E-state index in [9.17, 15) is 4.79 Å². The van der Waals surface area contributed by atoms with Gasteiger partial charge in [-0.05, 0) is 37.1 Å². The summed E-state index contributed by atoms with van der Waals surface area (Å²) < 4.78 is 13.0. The van der Waals surface area contributed by atoms with Crippen LogP contribution in [0.2, 0.25) is 0 Å². The van der Waals surface area contributed by atoms with E-state index in [0.29, 0.717) is 25.8 Å². The zero-order valence-electron chi connectivity index (χ0n) is 14.3. The quantitative estimate of drug-likeness (QED) is 0.711. The highest BCUT2D eigenvalue weighted by atomic mass is 32.1. The molecule has 0 N–H and O–H groups in total. The maximum Gasteiger partial charge on any atom is 0.258 e. The van der Waals surface area contributed by atoms with E-state index >= 15 is 0 Å². The van der Waals surface area contributed by atoms with Gasteiger partial charge in [0.25, 0.3) is 5.56 Å². The molecule has 2 aliphatic rings. The van der Waals surface area contributed by atoms with Crippen LogP contribution in [0.3, 0.4) is 0 Å². The molecular weight excluding hydrogens is 350 g/mol. The summed E-state index contributed by atoms with van der Waals surface area (Å²) in [7, 11) is 0. The van der Waals surface area contributed by atoms with Crippen molar-refractivity contribution in [3.05, 3.63) is 57.5 Å². The number of hydrogen-bond donors (Lipinski definition) is 0. The Hall–Kier alpha value is -2.38. The first kappa shape index (κ1) is 15.8. The molecule has 1 aromatic carbocycles. The number of fused-ring (bicyclic) bond motifs is 2. The van der Waals surface area contributed by atoms with Gasteiger partial charge in [0.1, 0.15) is 13.2 Å². The second kappa shape index (κ2) is 6.41. The van der Waals surface area contributed by atoms with Crippen molar-refractivity contribution < 1.29 is 9.47 Å². The zero-order valence-corrected chi connectivity index (χ0v) is 15.1. The van der Waals surface area contributed by atoms with Crippen LogP contribution in [0.15, 0.2) is 40.6 Å². The maximum absolute atomic E-state index is 12.2. The van der Waals surface area contributed by atoms with Gasteiger partial charge >= 0.3 is 0 Å². The van der Waals surface area contributed by atoms with Gasteiger partial charge in [-0.3, -0.25) is 14.1 Å². The summed E-state index contributed by atoms with van der Waals surface area (Å²) in [6, 6.07) is 8.19. The van der Waals surface area contributed by atoms with E-state index in [1.54, 1.807) is 16.7 Å². The Labute approximate surface area is 154 Å². The van der Waals surface area contributed by atoms with Gasteiger partial charge < -0.3 is 9.47 Å². The lowest BCUT2D eigenvalue weighted by Crippen LogP contribution is -2.25. The number of likely N-dealkylation sites (tertiary alicyclic amines) is 1. The van der Waals surface area contributed by atoms with Crippen molar-refractivity contribution in [3.8, 4) is 11.5 Å². The lowest BCUT2D eigenvalue weighted by atomic mass is 10.0. The molecule has 1 unspecified atom stereocenters. The molecule has 4 heterocycles. The van der Waals surface area contributed by atoms with E-state index in [1.807, 2.05) is 11.4 Å². The molecule has 2 aliphatic heterocycles. The van der Waals surface area contributed by atoms with Crippen molar-refractivity contribution in [2.75, 3.05) is 19.8 Å². The maximum atomic E-state index is 12.2. The van der Waals surface area contributed by atoms with E-state index in [0.717, 1.165) is 41.5 Å². The average molecular weight is 369 g/mol. The Morgan fingerprint density at radius 3 is 3.00 bits per heavy atom. The van der Waals surface area contributed by atoms with E-state index in [-0.39, 0.29) is 5.56 Å². The van der Waals surface area contributed by atoms with Crippen LogP contribution >= 0.6 is 11.3 Å². The molecule has 0 spiro atoms. The summed E-state index contributed by atoms with van der Waals surface area (Å²) in [6.45, 7) is 2.89. The summed E-state index contributed by atoms with van der Waals surface area (Å²) in [5.41, 5.74) is 2.06. The lowest BCUT2D eigenvalue weighted by molar-refractivity contribution is 0.170. The van der Waals surface area contributed by atoms with Crippen LogP contribution in [-0.4, -0.2) is 34.0 Å². The third-order valence-corrected chi connectivity index (χ3v) is 5.79. The van der Waals surface area contributed by atoms with Gasteiger partial charge in [0, 0.05) is 30.2 Å². The predicted octanol–water partition coefficient (Wildman–Crippen LogP) is 2.86. The van der Waals surface area contributed by atoms with Crippen molar-refractivity contribution >= 4 is 16.3 Å². The monoisotopic (exact) mass is 369 g/mol. The molecule has 0 radical (unpaired) electrons. The van der Waals surface area contributed by atoms with Crippen LogP contribution in [0.4, 0.5) is 0 Å². The van der Waals surface area contributed by atoms with Crippen LogP contribution in [0.5, 0.6) is 11.5 Å². The highest BCUT2D eigenvalue weighted by molar-refractivity contribution is 7.15. The van der Waals surface area contributed by atoms with Crippen LogP contribution in [0, 0.1) is 0 Å². The highest BCUT2D eigenvalue weighted by Gasteiger charge is 2.28. The SMILES string of the molecule is O=c1cc(CN2CCCC2c2ccc3c(c2)OCCO3)nc2sccn12. The fourth-order valence-electron chi connectivity index (χ4n) is 3.84. The van der Waals surface area contributed by atoms with E-state index in [1.165, 1.54) is 16.9 Å². The molecule has 7 heteroatoms. The van der Waals surface area contributed by atoms with Crippen LogP contribution in [-0.2, 0) is 6.54 Å². The highest BCUT2D eigenvalue weighted by Crippen LogP contribution is 2.38. The number of hydrogen-bond acceptors (Lipinski definition) is 6. The minimum Gasteiger partial charge on any atom is -0.486 e. The van der Waals surface area contributed by atoms with Gasteiger partial charge in [0.15, 0.2) is 16.5 Å². The van der Waals surface area contributed by atoms with Gasteiger partial charge in [0.05, 0.1) is 5.69 Å². The normalized spacial score (nSPS) is 19.9. The molecule has 134 valence electrons. The van der Waals surface area contributed by atoms with E-state index < -0.39 is 0 Å². The van der Waals surface area contributed by atoms with Crippen LogP contribution in [0.25, 0.3) is 4.96 Å². The third kappa shape index (κ3) is 2.77. The minimum atomic E-state index is -0.0127. The Bertz CT molecular complexity index is 1010. The molecule has 0 amide bonds. The first-order valence-corrected chi connectivity index (χ1v) is 9.75. The molecule has 5 rings (SSSR count). The van der Waals surface area contributed by atoms with Crippen molar-refractivity contribution in [1.82, 2.24) is 14.3 Å². The first-order valence-electron chi connectivity index (χ1n) is 8.87. The molecule has 0 bridgehead atoms. The summed E-state index contributed by atoms with van der Waals surface area (Å²) in [6.07, 6.45) is 4.01. The summed E-state index contributed by atoms with van der Waals surface area (Å²) in [4.78, 5) is 20.0. The lowest BCUT2D eigenvalue weighted by Gasteiger charge is -2.26. The number of aromatic nitrogens is 2. The summed E-state index contributed by atoms with van der Waals surface area (Å²) in [5, 5.41) is 1.89. The van der Waals surface area contributed by atoms with Gasteiger partial charge in [-0.1, -0.05) is 6.07 Å². The standard InChI is InChI=1S/C19H19N3O3S/c23-18-11-14(20-19-22(18)6-9-26-19)12-21-5-1-2-15(21)13-3-4-16-17(10-13)25-8-7-24-16/h3-4,6,9-11,15H,1-2,5,7-8,12H2. The first-order chi connectivity index (χ1) is 12.8. The number of benzene rings is 1. The summed E-state index contributed by atoms with van der Waals surface area (Å²) >= 11 is 1.49. The van der Waals surface area contributed by atoms with E-state index in [4.69, 9.17) is 9.47 Å². The fourth-order valence-corrected chi connectivity index (χ4v) is 4.58. The Morgan fingerprint density at radius 1 is 1.19 bits per heavy atom. The number of rotatable bonds is 3. The molecule has 1 atom stereocenters. The van der Waals surface area contributed by atoms with Gasteiger partial charge in [0.2, 0.25) is 0 Å². The average Bonchev–Trinajstić information content (AvgIpc) is 3.31. The fraction of sp³-hybridized carbons (Fsp3) is 0.368. The summed E-state index contributed by atoms with van der Waals surface area (Å²) in [5.74, 6) is 1.65. The predicted molar refractivity (Wildman–Crippen MR) is 99.2 cm³/mol. The Morgan fingerprint density at radius 2 is 2.08 bits per heavy atom. The molecule has 1 saturated heterocycles. The molecule has 6 nitrogen and oxygen atoms in total. The molecule has 0 saturated carbocycles. The van der Waals surface area contributed by atoms with Crippen molar-refractivity contribution in [2.45, 2.75) is 25.4 Å². The smallest absolute Gasteiger partial charge is 0.258 e. The van der Waals surface area contributed by atoms with Crippen molar-refractivity contribution in [3.63, 3.8) is 0 Å². The van der Waals surface area contributed by atoms with Crippen LogP contribution in [0.1, 0.15) is 30.1 Å². The van der Waals surface area contributed by atoms with Crippen molar-refractivity contribution in [1.29, 1.82) is 0 Å². The van der Waals surface area contributed by atoms with Crippen LogP contribution < -0.4 is 15.0 Å². The molecule has 26 heavy (non-hydrogen) atoms. The molecule has 0 aliphatic carbocycles. The largest absolute Gasteiger partial charge is 0.486 e. The zero-order chi connectivity index (χ0) is 17.5. The minimum absolute atomic E-state index is 0.0127. The number of nitrogens with zero attached hydrogens (tertiary/aromatic N) is 3. The second-order valence-electron chi connectivity index (χ2n) is 6.67. The Kier molecular flexibility index (Phi) is 3.90. The molecule has 1 fully saturated rings. The molecule has 3 aromatic rings. The second-order valence-corrected chi connectivity index (χ2v) is 7.55. The van der Waals surface area contributed by atoms with Gasteiger partial charge in [-0.25, -0.2) is 4.98 Å². The third-order valence-electron chi connectivity index (χ3n) is 5.04. The molecular formula is C19H19N3O3S. The number of ether oxygens (including phenoxy) is 2. The van der Waals surface area contributed by atoms with Crippen molar-refractivity contribution in [2.24, 2.45) is 0 Å². The molecule has 2 aromatic heterocycles. The van der Waals surface area contributed by atoms with Gasteiger partial charge in [-0.2, -0.15) is 0 Å². The Balaban J connectivity index is 1.42. The van der Waals surface area contributed by atoms with E-state index in [2.05, 4.69) is 22.0 Å². The number of thiazole rings is 1. The van der Waals surface area contributed by atoms with Gasteiger partial charge in [-0.15, -0.1) is 11.3 Å². The topological polar surface area (TPSA) is 56.1 Å².